The van der Waals surface area contributed by atoms with Gasteiger partial charge in [0.1, 0.15) is 0 Å². The van der Waals surface area contributed by atoms with Crippen LogP contribution in [0.4, 0.5) is 0 Å². The van der Waals surface area contributed by atoms with Gasteiger partial charge >= 0.3 is 5.97 Å². The van der Waals surface area contributed by atoms with E-state index in [4.69, 9.17) is 0 Å². The summed E-state index contributed by atoms with van der Waals surface area (Å²) >= 11 is 1.49. The van der Waals surface area contributed by atoms with E-state index in [-0.39, 0.29) is 5.97 Å². The van der Waals surface area contributed by atoms with E-state index >= 15 is 0 Å². The van der Waals surface area contributed by atoms with Crippen molar-refractivity contribution in [1.29, 1.82) is 0 Å². The molecule has 2 rings (SSSR count). The minimum Gasteiger partial charge on any atom is -0.468 e. The molecule has 0 aliphatic rings. The van der Waals surface area contributed by atoms with E-state index in [9.17, 15) is 4.79 Å². The zero-order chi connectivity index (χ0) is 11.4. The Labute approximate surface area is 98.6 Å². The number of carbonyl (C=O) groups excluding carboxylic acids is 1. The molecule has 0 saturated carbocycles. The fraction of sp³-hybridized carbons (Fsp3) is 0.154. The van der Waals surface area contributed by atoms with Gasteiger partial charge < -0.3 is 4.74 Å². The highest BCUT2D eigenvalue weighted by molar-refractivity contribution is 8.00. The normalized spacial score (nSPS) is 10.3. The first kappa shape index (κ1) is 11.0. The van der Waals surface area contributed by atoms with Crippen molar-refractivity contribution in [2.45, 2.75) is 4.90 Å². The lowest BCUT2D eigenvalue weighted by Gasteiger charge is -2.02. The SMILES string of the molecule is COC(=O)CSc1ccc2ccccc2c1. The lowest BCUT2D eigenvalue weighted by molar-refractivity contribution is -0.137. The maximum Gasteiger partial charge on any atom is 0.315 e. The average molecular weight is 232 g/mol. The summed E-state index contributed by atoms with van der Waals surface area (Å²) in [5.41, 5.74) is 0. The molecule has 0 spiro atoms. The van der Waals surface area contributed by atoms with Gasteiger partial charge in [-0.2, -0.15) is 0 Å². The third-order valence-electron chi connectivity index (χ3n) is 2.31. The Kier molecular flexibility index (Phi) is 3.47. The van der Waals surface area contributed by atoms with Gasteiger partial charge in [0.05, 0.1) is 12.9 Å². The van der Waals surface area contributed by atoms with Crippen LogP contribution in [-0.4, -0.2) is 18.8 Å². The first-order valence-corrected chi connectivity index (χ1v) is 5.96. The van der Waals surface area contributed by atoms with Crippen LogP contribution < -0.4 is 0 Å². The number of fused-ring (bicyclic) bond motifs is 1. The van der Waals surface area contributed by atoms with Gasteiger partial charge in [0.25, 0.3) is 0 Å². The summed E-state index contributed by atoms with van der Waals surface area (Å²) in [5, 5.41) is 2.40. The van der Waals surface area contributed by atoms with Crippen molar-refractivity contribution in [1.82, 2.24) is 0 Å². The molecule has 2 nitrogen and oxygen atoms in total. The highest BCUT2D eigenvalue weighted by Crippen LogP contribution is 2.23. The molecule has 2 aromatic carbocycles. The van der Waals surface area contributed by atoms with Gasteiger partial charge in [-0.1, -0.05) is 30.3 Å². The van der Waals surface area contributed by atoms with Crippen LogP contribution in [0.1, 0.15) is 0 Å². The summed E-state index contributed by atoms with van der Waals surface area (Å²) in [6.07, 6.45) is 0. The van der Waals surface area contributed by atoms with Crippen molar-refractivity contribution in [3.05, 3.63) is 42.5 Å². The fourth-order valence-electron chi connectivity index (χ4n) is 1.46. The molecule has 2 aromatic rings. The van der Waals surface area contributed by atoms with Crippen LogP contribution >= 0.6 is 11.8 Å². The molecule has 0 aliphatic heterocycles. The molecule has 0 bridgehead atoms. The van der Waals surface area contributed by atoms with Crippen molar-refractivity contribution in [2.75, 3.05) is 12.9 Å². The second kappa shape index (κ2) is 5.03. The maximum absolute atomic E-state index is 11.0. The Morgan fingerprint density at radius 2 is 1.94 bits per heavy atom. The summed E-state index contributed by atoms with van der Waals surface area (Å²) in [6, 6.07) is 14.3. The molecule has 0 heterocycles. The molecule has 82 valence electrons. The van der Waals surface area contributed by atoms with Gasteiger partial charge in [-0.3, -0.25) is 4.79 Å². The summed E-state index contributed by atoms with van der Waals surface area (Å²) in [7, 11) is 1.41. The van der Waals surface area contributed by atoms with Gasteiger partial charge in [0.15, 0.2) is 0 Å². The number of methoxy groups -OCH3 is 1. The van der Waals surface area contributed by atoms with E-state index in [1.54, 1.807) is 0 Å². The molecule has 0 radical (unpaired) electrons. The molecular weight excluding hydrogens is 220 g/mol. The van der Waals surface area contributed by atoms with Crippen LogP contribution in [0.15, 0.2) is 47.4 Å². The largest absolute Gasteiger partial charge is 0.468 e. The van der Waals surface area contributed by atoms with Crippen molar-refractivity contribution in [2.24, 2.45) is 0 Å². The highest BCUT2D eigenvalue weighted by atomic mass is 32.2. The summed E-state index contributed by atoms with van der Waals surface area (Å²) in [6.45, 7) is 0. The topological polar surface area (TPSA) is 26.3 Å². The van der Waals surface area contributed by atoms with Crippen LogP contribution in [-0.2, 0) is 9.53 Å². The van der Waals surface area contributed by atoms with E-state index in [1.807, 2.05) is 18.2 Å². The zero-order valence-electron chi connectivity index (χ0n) is 8.97. The van der Waals surface area contributed by atoms with Gasteiger partial charge in [0.2, 0.25) is 0 Å². The van der Waals surface area contributed by atoms with Crippen LogP contribution in [0.25, 0.3) is 10.8 Å². The van der Waals surface area contributed by atoms with E-state index in [0.717, 1.165) is 4.90 Å². The van der Waals surface area contributed by atoms with E-state index in [0.29, 0.717) is 5.75 Å². The van der Waals surface area contributed by atoms with E-state index in [1.165, 1.54) is 29.6 Å². The first-order valence-electron chi connectivity index (χ1n) is 4.98. The summed E-state index contributed by atoms with van der Waals surface area (Å²) in [4.78, 5) is 12.1. The number of hydrogen-bond acceptors (Lipinski definition) is 3. The van der Waals surface area contributed by atoms with Gasteiger partial charge in [-0.15, -0.1) is 11.8 Å². The number of carbonyl (C=O) groups is 1. The van der Waals surface area contributed by atoms with Crippen molar-refractivity contribution in [3.63, 3.8) is 0 Å². The van der Waals surface area contributed by atoms with Crippen molar-refractivity contribution >= 4 is 28.5 Å². The quantitative estimate of drug-likeness (QED) is 0.601. The Balaban J connectivity index is 2.16. The second-order valence-corrected chi connectivity index (χ2v) is 4.42. The predicted molar refractivity (Wildman–Crippen MR) is 66.7 cm³/mol. The van der Waals surface area contributed by atoms with Gasteiger partial charge in [0, 0.05) is 4.90 Å². The average Bonchev–Trinajstić information content (AvgIpc) is 2.35. The molecule has 0 fully saturated rings. The van der Waals surface area contributed by atoms with Crippen molar-refractivity contribution < 1.29 is 9.53 Å². The molecular formula is C13H12O2S. The third-order valence-corrected chi connectivity index (χ3v) is 3.27. The standard InChI is InChI=1S/C13H12O2S/c1-15-13(14)9-16-12-7-6-10-4-2-3-5-11(10)8-12/h2-8H,9H2,1H3. The third kappa shape index (κ3) is 2.55. The molecule has 0 N–H and O–H groups in total. The highest BCUT2D eigenvalue weighted by Gasteiger charge is 2.02. The number of thioether (sulfide) groups is 1. The molecule has 0 amide bonds. The summed E-state index contributed by atoms with van der Waals surface area (Å²) < 4.78 is 4.60. The predicted octanol–water partition coefficient (Wildman–Crippen LogP) is 3.10. The Hall–Kier alpha value is -1.48. The molecule has 3 heteroatoms. The van der Waals surface area contributed by atoms with Crippen LogP contribution in [0, 0.1) is 0 Å². The van der Waals surface area contributed by atoms with Crippen molar-refractivity contribution in [3.8, 4) is 0 Å². The number of ether oxygens (including phenoxy) is 1. The Morgan fingerprint density at radius 1 is 1.19 bits per heavy atom. The minimum absolute atomic E-state index is 0.196. The number of rotatable bonds is 3. The second-order valence-electron chi connectivity index (χ2n) is 3.37. The van der Waals surface area contributed by atoms with Crippen LogP contribution in [0.2, 0.25) is 0 Å². The van der Waals surface area contributed by atoms with Gasteiger partial charge in [-0.25, -0.2) is 0 Å². The fourth-order valence-corrected chi connectivity index (χ4v) is 2.24. The monoisotopic (exact) mass is 232 g/mol. The van der Waals surface area contributed by atoms with Crippen LogP contribution in [0.5, 0.6) is 0 Å². The lowest BCUT2D eigenvalue weighted by Crippen LogP contribution is -2.02. The maximum atomic E-state index is 11.0. The molecule has 0 aromatic heterocycles. The molecule has 0 unspecified atom stereocenters. The summed E-state index contributed by atoms with van der Waals surface area (Å²) in [5.74, 6) is 0.160. The Morgan fingerprint density at radius 3 is 2.69 bits per heavy atom. The molecule has 0 aliphatic carbocycles. The van der Waals surface area contributed by atoms with E-state index < -0.39 is 0 Å². The Bertz CT molecular complexity index is 508. The minimum atomic E-state index is -0.196. The van der Waals surface area contributed by atoms with Gasteiger partial charge in [-0.05, 0) is 22.9 Å². The zero-order valence-corrected chi connectivity index (χ0v) is 9.79. The smallest absolute Gasteiger partial charge is 0.315 e. The van der Waals surface area contributed by atoms with Crippen LogP contribution in [0.3, 0.4) is 0 Å². The number of hydrogen-bond donors (Lipinski definition) is 0. The number of esters is 1. The lowest BCUT2D eigenvalue weighted by atomic mass is 10.1. The first-order chi connectivity index (χ1) is 7.79. The molecule has 0 saturated heterocycles. The van der Waals surface area contributed by atoms with E-state index in [2.05, 4.69) is 29.0 Å². The number of benzene rings is 2. The molecule has 0 atom stereocenters. The molecule has 16 heavy (non-hydrogen) atoms.